The maximum absolute atomic E-state index is 14.2. The van der Waals surface area contributed by atoms with Crippen LogP contribution in [0.5, 0.6) is 0 Å². The van der Waals surface area contributed by atoms with Crippen LogP contribution in [0.25, 0.3) is 16.6 Å². The van der Waals surface area contributed by atoms with Gasteiger partial charge in [0.05, 0.1) is 23.3 Å². The van der Waals surface area contributed by atoms with Crippen LogP contribution in [0, 0.1) is 11.6 Å². The summed E-state index contributed by atoms with van der Waals surface area (Å²) in [5, 5.41) is 13.1. The van der Waals surface area contributed by atoms with E-state index in [-0.39, 0.29) is 33.5 Å². The number of nitrogens with zero attached hydrogens (tertiary/aromatic N) is 3. The second-order valence-electron chi connectivity index (χ2n) is 9.26. The van der Waals surface area contributed by atoms with Gasteiger partial charge in [0.1, 0.15) is 11.6 Å². The van der Waals surface area contributed by atoms with Gasteiger partial charge in [-0.3, -0.25) is 9.59 Å². The maximum Gasteiger partial charge on any atom is 0.416 e. The first-order chi connectivity index (χ1) is 19.5. The topological polar surface area (TPSA) is 88.4 Å². The molecule has 0 radical (unpaired) electrons. The number of benzene rings is 3. The van der Waals surface area contributed by atoms with Gasteiger partial charge in [0, 0.05) is 39.2 Å². The number of pyridine rings is 1. The van der Waals surface area contributed by atoms with Crippen molar-refractivity contribution in [2.45, 2.75) is 12.2 Å². The molecular formula is C28H15ClF5N5O2. The lowest BCUT2D eigenvalue weighted by atomic mass is 9.92. The van der Waals surface area contributed by atoms with E-state index in [0.717, 1.165) is 12.1 Å². The molecule has 2 amide bonds. The van der Waals surface area contributed by atoms with Gasteiger partial charge in [-0.1, -0.05) is 16.8 Å². The summed E-state index contributed by atoms with van der Waals surface area (Å²) in [6, 6.07) is 10.5. The van der Waals surface area contributed by atoms with E-state index >= 15 is 0 Å². The third-order valence-corrected chi connectivity index (χ3v) is 6.97. The third kappa shape index (κ3) is 4.86. The Kier molecular flexibility index (Phi) is 6.22. The summed E-state index contributed by atoms with van der Waals surface area (Å²) >= 11 is 6.33. The zero-order valence-electron chi connectivity index (χ0n) is 20.4. The standard InChI is InChI=1S/C28H15ClF5N5O2/c29-22-2-1-17(30)11-20(22)25-24-21(27(41)37-25)8-14(13-3-4-39-19(7-13)12-35-38-39)9-23(24)36-26(40)15-5-16(28(32,33)34)10-18(31)6-15/h1-12,25H,(H,36,40)(H,37,41). The molecule has 41 heavy (non-hydrogen) atoms. The van der Waals surface area contributed by atoms with E-state index in [1.807, 2.05) is 0 Å². The Morgan fingerprint density at radius 2 is 1.78 bits per heavy atom. The highest BCUT2D eigenvalue weighted by molar-refractivity contribution is 6.31. The Hall–Kier alpha value is -4.84. The highest BCUT2D eigenvalue weighted by Crippen LogP contribution is 2.42. The van der Waals surface area contributed by atoms with Gasteiger partial charge in [0.15, 0.2) is 0 Å². The van der Waals surface area contributed by atoms with E-state index in [1.54, 1.807) is 24.4 Å². The molecule has 0 spiro atoms. The Bertz CT molecular complexity index is 1890. The van der Waals surface area contributed by atoms with E-state index in [0.29, 0.717) is 28.8 Å². The highest BCUT2D eigenvalue weighted by atomic mass is 35.5. The minimum absolute atomic E-state index is 0.0236. The largest absolute Gasteiger partial charge is 0.416 e. The predicted molar refractivity (Wildman–Crippen MR) is 138 cm³/mol. The van der Waals surface area contributed by atoms with Crippen LogP contribution >= 0.6 is 11.6 Å². The third-order valence-electron chi connectivity index (χ3n) is 6.63. The van der Waals surface area contributed by atoms with Crippen LogP contribution < -0.4 is 10.6 Å². The maximum atomic E-state index is 14.2. The van der Waals surface area contributed by atoms with E-state index < -0.39 is 46.8 Å². The molecule has 0 saturated heterocycles. The molecule has 1 unspecified atom stereocenters. The molecule has 7 nitrogen and oxygen atoms in total. The molecule has 3 heterocycles. The van der Waals surface area contributed by atoms with Crippen LogP contribution in [0.3, 0.4) is 0 Å². The number of hydrogen-bond donors (Lipinski definition) is 2. The van der Waals surface area contributed by atoms with Gasteiger partial charge in [-0.25, -0.2) is 13.3 Å². The van der Waals surface area contributed by atoms with Crippen molar-refractivity contribution in [1.82, 2.24) is 20.1 Å². The van der Waals surface area contributed by atoms with Crippen molar-refractivity contribution in [1.29, 1.82) is 0 Å². The lowest BCUT2D eigenvalue weighted by molar-refractivity contribution is -0.137. The van der Waals surface area contributed by atoms with Crippen molar-refractivity contribution in [3.63, 3.8) is 0 Å². The molecule has 0 fully saturated rings. The molecule has 2 N–H and O–H groups in total. The zero-order chi connectivity index (χ0) is 29.1. The van der Waals surface area contributed by atoms with E-state index in [4.69, 9.17) is 11.6 Å². The number of fused-ring (bicyclic) bond motifs is 2. The second-order valence-corrected chi connectivity index (χ2v) is 9.66. The Labute approximate surface area is 232 Å². The van der Waals surface area contributed by atoms with Crippen LogP contribution in [0.1, 0.15) is 43.4 Å². The smallest absolute Gasteiger partial charge is 0.341 e. The normalized spacial score (nSPS) is 14.7. The number of halogens is 6. The molecule has 206 valence electrons. The van der Waals surface area contributed by atoms with Gasteiger partial charge in [0.2, 0.25) is 0 Å². The van der Waals surface area contributed by atoms with E-state index in [2.05, 4.69) is 20.9 Å². The quantitative estimate of drug-likeness (QED) is 0.239. The predicted octanol–water partition coefficient (Wildman–Crippen LogP) is 6.43. The number of rotatable bonds is 4. The Balaban J connectivity index is 1.51. The number of amides is 2. The van der Waals surface area contributed by atoms with E-state index in [9.17, 15) is 31.5 Å². The summed E-state index contributed by atoms with van der Waals surface area (Å²) in [7, 11) is 0. The molecule has 5 aromatic rings. The van der Waals surface area contributed by atoms with Gasteiger partial charge in [0.25, 0.3) is 11.8 Å². The second kappa shape index (κ2) is 9.66. The monoisotopic (exact) mass is 583 g/mol. The van der Waals surface area contributed by atoms with Crippen LogP contribution in [0.15, 0.2) is 73.1 Å². The Morgan fingerprint density at radius 1 is 0.976 bits per heavy atom. The first kappa shape index (κ1) is 26.4. The summed E-state index contributed by atoms with van der Waals surface area (Å²) < 4.78 is 69.7. The van der Waals surface area contributed by atoms with Gasteiger partial charge in [-0.2, -0.15) is 13.2 Å². The van der Waals surface area contributed by atoms with Crippen molar-refractivity contribution < 1.29 is 31.5 Å². The molecule has 3 aromatic carbocycles. The minimum atomic E-state index is -4.89. The molecule has 0 bridgehead atoms. The molecule has 0 aliphatic carbocycles. The molecule has 1 aliphatic heterocycles. The van der Waals surface area contributed by atoms with Gasteiger partial charge < -0.3 is 10.6 Å². The molecule has 1 atom stereocenters. The average molecular weight is 584 g/mol. The van der Waals surface area contributed by atoms with Gasteiger partial charge >= 0.3 is 6.18 Å². The lowest BCUT2D eigenvalue weighted by Crippen LogP contribution is -2.21. The molecule has 0 saturated carbocycles. The highest BCUT2D eigenvalue weighted by Gasteiger charge is 2.36. The first-order valence-electron chi connectivity index (χ1n) is 11.9. The number of aromatic nitrogens is 3. The Morgan fingerprint density at radius 3 is 2.56 bits per heavy atom. The van der Waals surface area contributed by atoms with Crippen LogP contribution in [0.4, 0.5) is 27.6 Å². The van der Waals surface area contributed by atoms with Gasteiger partial charge in [-0.05, 0) is 71.8 Å². The van der Waals surface area contributed by atoms with Crippen LogP contribution in [0.2, 0.25) is 5.02 Å². The number of carbonyl (C=O) groups excluding carboxylic acids is 2. The number of alkyl halides is 3. The molecular weight excluding hydrogens is 569 g/mol. The molecule has 6 rings (SSSR count). The van der Waals surface area contributed by atoms with Crippen molar-refractivity contribution in [2.24, 2.45) is 0 Å². The van der Waals surface area contributed by atoms with Crippen LogP contribution in [-0.2, 0) is 6.18 Å². The SMILES string of the molecule is O=C(Nc1cc(-c2ccn3nncc3c2)cc2c1C(c1cc(F)ccc1Cl)NC2=O)c1cc(F)cc(C(F)(F)F)c1. The average Bonchev–Trinajstić information content (AvgIpc) is 3.53. The van der Waals surface area contributed by atoms with Gasteiger partial charge in [-0.15, -0.1) is 5.10 Å². The fourth-order valence-electron chi connectivity index (χ4n) is 4.76. The number of carbonyl (C=O) groups is 2. The summed E-state index contributed by atoms with van der Waals surface area (Å²) in [6.07, 6.45) is -1.75. The number of anilines is 1. The summed E-state index contributed by atoms with van der Waals surface area (Å²) in [4.78, 5) is 26.4. The molecule has 1 aliphatic rings. The molecule has 2 aromatic heterocycles. The number of nitrogens with one attached hydrogen (secondary N) is 2. The summed E-state index contributed by atoms with van der Waals surface area (Å²) in [5.74, 6) is -3.50. The lowest BCUT2D eigenvalue weighted by Gasteiger charge is -2.19. The van der Waals surface area contributed by atoms with Crippen molar-refractivity contribution in [2.75, 3.05) is 5.32 Å². The fourth-order valence-corrected chi connectivity index (χ4v) is 4.99. The summed E-state index contributed by atoms with van der Waals surface area (Å²) in [6.45, 7) is 0. The van der Waals surface area contributed by atoms with Crippen LogP contribution in [-0.4, -0.2) is 26.6 Å². The summed E-state index contributed by atoms with van der Waals surface area (Å²) in [5.41, 5.74) is 0.286. The van der Waals surface area contributed by atoms with Crippen molar-refractivity contribution in [3.05, 3.63) is 118 Å². The first-order valence-corrected chi connectivity index (χ1v) is 12.3. The van der Waals surface area contributed by atoms with Crippen molar-refractivity contribution >= 4 is 34.6 Å². The number of hydrogen-bond acceptors (Lipinski definition) is 4. The minimum Gasteiger partial charge on any atom is -0.341 e. The van der Waals surface area contributed by atoms with E-state index in [1.165, 1.54) is 22.8 Å². The zero-order valence-corrected chi connectivity index (χ0v) is 21.2. The van der Waals surface area contributed by atoms with Crippen molar-refractivity contribution in [3.8, 4) is 11.1 Å². The fraction of sp³-hybridized carbons (Fsp3) is 0.0714. The molecule has 13 heteroatoms.